The molecule has 3 nitrogen and oxygen atoms in total. The van der Waals surface area contributed by atoms with Crippen LogP contribution >= 0.6 is 11.8 Å². The molecule has 1 fully saturated rings. The van der Waals surface area contributed by atoms with Crippen molar-refractivity contribution in [3.63, 3.8) is 0 Å². The van der Waals surface area contributed by atoms with Gasteiger partial charge < -0.3 is 15.5 Å². The summed E-state index contributed by atoms with van der Waals surface area (Å²) in [4.78, 5) is 0. The van der Waals surface area contributed by atoms with Gasteiger partial charge in [0.1, 0.15) is 0 Å². The van der Waals surface area contributed by atoms with E-state index in [1.54, 1.807) is 0 Å². The van der Waals surface area contributed by atoms with Crippen LogP contribution in [0.3, 0.4) is 0 Å². The van der Waals surface area contributed by atoms with Gasteiger partial charge in [-0.25, -0.2) is 0 Å². The third kappa shape index (κ3) is 3.63. The number of aliphatic hydroxyl groups is 2. The molecule has 4 heteroatoms. The standard InChI is InChI=1S/C11H23NO2S/c1-11(2)9(8-10(11)14)12-4-7-15-6-3-5-13/h9-10,12-14H,3-8H2,1-2H3. The molecule has 0 aromatic rings. The third-order valence-corrected chi connectivity index (χ3v) is 4.37. The summed E-state index contributed by atoms with van der Waals surface area (Å²) < 4.78 is 0. The van der Waals surface area contributed by atoms with Gasteiger partial charge in [0.25, 0.3) is 0 Å². The van der Waals surface area contributed by atoms with E-state index in [1.807, 2.05) is 11.8 Å². The Bertz CT molecular complexity index is 187. The summed E-state index contributed by atoms with van der Waals surface area (Å²) in [7, 11) is 0. The minimum absolute atomic E-state index is 0.0375. The molecule has 3 N–H and O–H groups in total. The van der Waals surface area contributed by atoms with Gasteiger partial charge in [-0.1, -0.05) is 13.8 Å². The summed E-state index contributed by atoms with van der Waals surface area (Å²) >= 11 is 1.87. The number of nitrogens with one attached hydrogen (secondary N) is 1. The van der Waals surface area contributed by atoms with Gasteiger partial charge in [0.05, 0.1) is 6.10 Å². The summed E-state index contributed by atoms with van der Waals surface area (Å²) in [6.07, 6.45) is 1.63. The van der Waals surface area contributed by atoms with Crippen LogP contribution < -0.4 is 5.32 Å². The van der Waals surface area contributed by atoms with E-state index in [0.717, 1.165) is 30.9 Å². The molecule has 0 saturated heterocycles. The SMILES string of the molecule is CC1(C)C(O)CC1NCCSCCCO. The highest BCUT2D eigenvalue weighted by Crippen LogP contribution is 2.40. The van der Waals surface area contributed by atoms with Gasteiger partial charge in [-0.3, -0.25) is 0 Å². The Labute approximate surface area is 96.6 Å². The van der Waals surface area contributed by atoms with Crippen molar-refractivity contribution in [3.8, 4) is 0 Å². The van der Waals surface area contributed by atoms with Crippen LogP contribution in [0, 0.1) is 5.41 Å². The molecule has 0 amide bonds. The van der Waals surface area contributed by atoms with Crippen LogP contribution in [0.1, 0.15) is 26.7 Å². The third-order valence-electron chi connectivity index (χ3n) is 3.30. The van der Waals surface area contributed by atoms with Gasteiger partial charge in [0.2, 0.25) is 0 Å². The Morgan fingerprint density at radius 3 is 2.67 bits per heavy atom. The van der Waals surface area contributed by atoms with Gasteiger partial charge in [0.15, 0.2) is 0 Å². The maximum atomic E-state index is 9.55. The van der Waals surface area contributed by atoms with E-state index in [4.69, 9.17) is 5.11 Å². The highest BCUT2D eigenvalue weighted by atomic mass is 32.2. The predicted octanol–water partition coefficient (Wildman–Crippen LogP) is 0.851. The van der Waals surface area contributed by atoms with Crippen LogP contribution in [0.4, 0.5) is 0 Å². The Morgan fingerprint density at radius 1 is 1.40 bits per heavy atom. The van der Waals surface area contributed by atoms with E-state index < -0.39 is 0 Å². The van der Waals surface area contributed by atoms with E-state index in [2.05, 4.69) is 19.2 Å². The quantitative estimate of drug-likeness (QED) is 0.571. The summed E-state index contributed by atoms with van der Waals surface area (Å²) in [6.45, 7) is 5.51. The van der Waals surface area contributed by atoms with E-state index >= 15 is 0 Å². The molecule has 0 heterocycles. The van der Waals surface area contributed by atoms with Gasteiger partial charge in [0, 0.05) is 30.4 Å². The number of hydrogen-bond acceptors (Lipinski definition) is 4. The fourth-order valence-electron chi connectivity index (χ4n) is 1.82. The largest absolute Gasteiger partial charge is 0.396 e. The average Bonchev–Trinajstić information content (AvgIpc) is 2.21. The maximum absolute atomic E-state index is 9.55. The van der Waals surface area contributed by atoms with Crippen molar-refractivity contribution in [1.29, 1.82) is 0 Å². The van der Waals surface area contributed by atoms with Crippen molar-refractivity contribution in [3.05, 3.63) is 0 Å². The minimum atomic E-state index is -0.142. The molecule has 2 unspecified atom stereocenters. The van der Waals surface area contributed by atoms with E-state index in [1.165, 1.54) is 0 Å². The van der Waals surface area contributed by atoms with Gasteiger partial charge in [-0.15, -0.1) is 0 Å². The molecule has 0 aliphatic heterocycles. The monoisotopic (exact) mass is 233 g/mol. The highest BCUT2D eigenvalue weighted by Gasteiger charge is 2.46. The van der Waals surface area contributed by atoms with Gasteiger partial charge >= 0.3 is 0 Å². The lowest BCUT2D eigenvalue weighted by atomic mass is 9.64. The molecule has 1 aliphatic rings. The molecule has 0 radical (unpaired) electrons. The lowest BCUT2D eigenvalue weighted by Gasteiger charge is -2.49. The minimum Gasteiger partial charge on any atom is -0.396 e. The number of aliphatic hydroxyl groups excluding tert-OH is 2. The molecule has 90 valence electrons. The molecular weight excluding hydrogens is 210 g/mol. The second kappa shape index (κ2) is 6.09. The van der Waals surface area contributed by atoms with Crippen molar-refractivity contribution in [1.82, 2.24) is 5.32 Å². The molecule has 1 saturated carbocycles. The van der Waals surface area contributed by atoms with Crippen molar-refractivity contribution in [2.45, 2.75) is 38.8 Å². The topological polar surface area (TPSA) is 52.5 Å². The zero-order chi connectivity index (χ0) is 11.3. The van der Waals surface area contributed by atoms with E-state index in [0.29, 0.717) is 12.6 Å². The van der Waals surface area contributed by atoms with Crippen LogP contribution in [-0.4, -0.2) is 47.0 Å². The first-order valence-electron chi connectivity index (χ1n) is 5.69. The van der Waals surface area contributed by atoms with Crippen LogP contribution in [0.15, 0.2) is 0 Å². The molecule has 15 heavy (non-hydrogen) atoms. The smallest absolute Gasteiger partial charge is 0.0621 e. The lowest BCUT2D eigenvalue weighted by Crippen LogP contribution is -2.60. The van der Waals surface area contributed by atoms with Crippen LogP contribution in [0.2, 0.25) is 0 Å². The maximum Gasteiger partial charge on any atom is 0.0621 e. The van der Waals surface area contributed by atoms with Crippen LogP contribution in [0.5, 0.6) is 0 Å². The number of thioether (sulfide) groups is 1. The molecule has 1 rings (SSSR count). The Hall–Kier alpha value is 0.230. The Kier molecular flexibility index (Phi) is 5.39. The first-order chi connectivity index (χ1) is 7.09. The first-order valence-corrected chi connectivity index (χ1v) is 6.84. The summed E-state index contributed by atoms with van der Waals surface area (Å²) in [5, 5.41) is 21.6. The van der Waals surface area contributed by atoms with Crippen molar-refractivity contribution in [2.24, 2.45) is 5.41 Å². The fourth-order valence-corrected chi connectivity index (χ4v) is 2.62. The molecule has 2 atom stereocenters. The molecular formula is C11H23NO2S. The van der Waals surface area contributed by atoms with E-state index in [-0.39, 0.29) is 11.5 Å². The van der Waals surface area contributed by atoms with Crippen LogP contribution in [0.25, 0.3) is 0 Å². The number of hydrogen-bond donors (Lipinski definition) is 3. The fraction of sp³-hybridized carbons (Fsp3) is 1.00. The van der Waals surface area contributed by atoms with Crippen molar-refractivity contribution >= 4 is 11.8 Å². The number of rotatable bonds is 7. The van der Waals surface area contributed by atoms with Crippen molar-refractivity contribution < 1.29 is 10.2 Å². The molecule has 0 spiro atoms. The first kappa shape index (κ1) is 13.3. The second-order valence-corrected chi connectivity index (χ2v) is 5.99. The normalized spacial score (nSPS) is 28.8. The highest BCUT2D eigenvalue weighted by molar-refractivity contribution is 7.99. The van der Waals surface area contributed by atoms with Crippen molar-refractivity contribution in [2.75, 3.05) is 24.7 Å². The summed E-state index contributed by atoms with van der Waals surface area (Å²) in [5.41, 5.74) is 0.0375. The zero-order valence-electron chi connectivity index (χ0n) is 9.70. The second-order valence-electron chi connectivity index (χ2n) is 4.77. The zero-order valence-corrected chi connectivity index (χ0v) is 10.5. The average molecular weight is 233 g/mol. The predicted molar refractivity (Wildman–Crippen MR) is 65.2 cm³/mol. The Balaban J connectivity index is 1.97. The molecule has 0 aromatic carbocycles. The van der Waals surface area contributed by atoms with Crippen LogP contribution in [-0.2, 0) is 0 Å². The van der Waals surface area contributed by atoms with E-state index in [9.17, 15) is 5.11 Å². The van der Waals surface area contributed by atoms with Gasteiger partial charge in [-0.05, 0) is 18.6 Å². The Morgan fingerprint density at radius 2 is 2.13 bits per heavy atom. The molecule has 0 bridgehead atoms. The molecule has 1 aliphatic carbocycles. The van der Waals surface area contributed by atoms with Gasteiger partial charge in [-0.2, -0.15) is 11.8 Å². The summed E-state index contributed by atoms with van der Waals surface area (Å²) in [6, 6.07) is 0.464. The molecule has 0 aromatic heterocycles. The lowest BCUT2D eigenvalue weighted by molar-refractivity contribution is -0.0716. The summed E-state index contributed by atoms with van der Waals surface area (Å²) in [5.74, 6) is 2.12.